The van der Waals surface area contributed by atoms with Crippen LogP contribution in [-0.4, -0.2) is 30.0 Å². The molecule has 3 aromatic carbocycles. The van der Waals surface area contributed by atoms with Gasteiger partial charge in [0.05, 0.1) is 16.3 Å². The fourth-order valence-corrected chi connectivity index (χ4v) is 6.58. The highest BCUT2D eigenvalue weighted by Gasteiger charge is 2.58. The van der Waals surface area contributed by atoms with E-state index in [9.17, 15) is 18.0 Å². The van der Waals surface area contributed by atoms with E-state index >= 15 is 0 Å². The van der Waals surface area contributed by atoms with Crippen LogP contribution < -0.4 is 0 Å². The Hall–Kier alpha value is -3.97. The molecule has 5 aromatic rings. The number of fused-ring (bicyclic) bond motifs is 2. The highest BCUT2D eigenvalue weighted by atomic mass is 32.2. The van der Waals surface area contributed by atoms with Gasteiger partial charge in [-0.05, 0) is 54.1 Å². The van der Waals surface area contributed by atoms with E-state index in [1.165, 1.54) is 12.1 Å². The van der Waals surface area contributed by atoms with Gasteiger partial charge < -0.3 is 9.97 Å². The molecular formula is C28H24N2O4S. The van der Waals surface area contributed by atoms with Crippen LogP contribution in [0.5, 0.6) is 0 Å². The van der Waals surface area contributed by atoms with Crippen molar-refractivity contribution in [1.29, 1.82) is 0 Å². The standard InChI is InChI=1S/C28H24N2O4S/c1-3-24(31)27(32)28(25-16-19-8-4-6-10-22(19)29-25,26-17-20-9-5-7-11-23(20)30-26)35(33,34)21-14-12-18(2)13-15-21/h4-17,29-30H,3H2,1-2H3. The van der Waals surface area contributed by atoms with E-state index in [-0.39, 0.29) is 22.7 Å². The first-order chi connectivity index (χ1) is 16.8. The predicted molar refractivity (Wildman–Crippen MR) is 136 cm³/mol. The molecule has 6 nitrogen and oxygen atoms in total. The number of para-hydroxylation sites is 2. The lowest BCUT2D eigenvalue weighted by molar-refractivity contribution is -0.137. The summed E-state index contributed by atoms with van der Waals surface area (Å²) in [5.41, 5.74) is 2.45. The average Bonchev–Trinajstić information content (AvgIpc) is 3.48. The zero-order valence-electron chi connectivity index (χ0n) is 19.3. The Bertz CT molecular complexity index is 1550. The van der Waals surface area contributed by atoms with Gasteiger partial charge in [-0.25, -0.2) is 8.42 Å². The minimum Gasteiger partial charge on any atom is -0.356 e. The third kappa shape index (κ3) is 3.42. The van der Waals surface area contributed by atoms with Gasteiger partial charge >= 0.3 is 0 Å². The lowest BCUT2D eigenvalue weighted by Crippen LogP contribution is -2.48. The molecule has 0 saturated heterocycles. The van der Waals surface area contributed by atoms with E-state index in [1.807, 2.05) is 43.3 Å². The third-order valence-electron chi connectivity index (χ3n) is 6.45. The summed E-state index contributed by atoms with van der Waals surface area (Å²) in [5, 5.41) is 1.47. The van der Waals surface area contributed by atoms with E-state index in [1.54, 1.807) is 43.3 Å². The molecule has 0 unspecified atom stereocenters. The molecule has 0 aliphatic carbocycles. The number of hydrogen-bond acceptors (Lipinski definition) is 4. The van der Waals surface area contributed by atoms with Crippen molar-refractivity contribution in [3.63, 3.8) is 0 Å². The minimum atomic E-state index is -4.47. The second kappa shape index (κ2) is 8.36. The van der Waals surface area contributed by atoms with Gasteiger partial charge in [-0.3, -0.25) is 9.59 Å². The number of rotatable bonds is 7. The summed E-state index contributed by atoms with van der Waals surface area (Å²) in [6.07, 6.45) is -0.121. The van der Waals surface area contributed by atoms with Crippen molar-refractivity contribution in [2.24, 2.45) is 0 Å². The summed E-state index contributed by atoms with van der Waals surface area (Å²) in [6.45, 7) is 3.41. The minimum absolute atomic E-state index is 0.0438. The number of aromatic amines is 2. The van der Waals surface area contributed by atoms with Gasteiger partial charge in [0.1, 0.15) is 0 Å². The van der Waals surface area contributed by atoms with Crippen LogP contribution in [0.1, 0.15) is 30.3 Å². The first-order valence-electron chi connectivity index (χ1n) is 11.3. The van der Waals surface area contributed by atoms with Gasteiger partial charge in [-0.1, -0.05) is 61.0 Å². The summed E-state index contributed by atoms with van der Waals surface area (Å²) >= 11 is 0. The Balaban J connectivity index is 1.95. The van der Waals surface area contributed by atoms with Crippen molar-refractivity contribution in [2.45, 2.75) is 29.9 Å². The number of sulfone groups is 1. The number of aromatic nitrogens is 2. The molecule has 0 saturated carbocycles. The zero-order chi connectivity index (χ0) is 24.8. The monoisotopic (exact) mass is 484 g/mol. The maximum Gasteiger partial charge on any atom is 0.231 e. The second-order valence-corrected chi connectivity index (χ2v) is 10.7. The molecule has 0 aliphatic heterocycles. The fourth-order valence-electron chi connectivity index (χ4n) is 4.58. The average molecular weight is 485 g/mol. The first-order valence-corrected chi connectivity index (χ1v) is 12.8. The van der Waals surface area contributed by atoms with Crippen LogP contribution in [0.25, 0.3) is 21.8 Å². The van der Waals surface area contributed by atoms with E-state index < -0.39 is 26.2 Å². The Kier molecular flexibility index (Phi) is 5.44. The lowest BCUT2D eigenvalue weighted by atomic mass is 9.91. The normalized spacial score (nSPS) is 12.3. The molecule has 35 heavy (non-hydrogen) atoms. The number of hydrogen-bond donors (Lipinski definition) is 2. The smallest absolute Gasteiger partial charge is 0.231 e. The summed E-state index contributed by atoms with van der Waals surface area (Å²) in [6, 6.07) is 24.2. The summed E-state index contributed by atoms with van der Waals surface area (Å²) < 4.78 is 26.8. The first kappa shape index (κ1) is 22.8. The van der Waals surface area contributed by atoms with Gasteiger partial charge in [0.15, 0.2) is 0 Å². The molecule has 176 valence electrons. The molecule has 0 bridgehead atoms. The van der Waals surface area contributed by atoms with Gasteiger partial charge in [0.25, 0.3) is 0 Å². The number of aryl methyl sites for hydroxylation is 1. The lowest BCUT2D eigenvalue weighted by Gasteiger charge is -2.30. The maximum absolute atomic E-state index is 14.6. The van der Waals surface area contributed by atoms with Crippen molar-refractivity contribution in [2.75, 3.05) is 0 Å². The molecule has 0 fully saturated rings. The van der Waals surface area contributed by atoms with Crippen molar-refractivity contribution < 1.29 is 18.0 Å². The summed E-state index contributed by atoms with van der Waals surface area (Å²) in [5.74, 6) is -1.77. The largest absolute Gasteiger partial charge is 0.356 e. The molecule has 0 spiro atoms. The Labute approximate surface area is 202 Å². The maximum atomic E-state index is 14.6. The van der Waals surface area contributed by atoms with Gasteiger partial charge in [-0.15, -0.1) is 0 Å². The molecule has 5 rings (SSSR count). The molecule has 2 aromatic heterocycles. The third-order valence-corrected chi connectivity index (χ3v) is 8.77. The van der Waals surface area contributed by atoms with Crippen LogP contribution in [0.15, 0.2) is 89.8 Å². The van der Waals surface area contributed by atoms with Crippen LogP contribution in [0.3, 0.4) is 0 Å². The Morgan fingerprint density at radius 2 is 1.26 bits per heavy atom. The number of ketones is 2. The van der Waals surface area contributed by atoms with E-state index in [0.717, 1.165) is 16.3 Å². The van der Waals surface area contributed by atoms with E-state index in [4.69, 9.17) is 0 Å². The van der Waals surface area contributed by atoms with Crippen LogP contribution in [0.4, 0.5) is 0 Å². The molecule has 0 aliphatic rings. The van der Waals surface area contributed by atoms with Crippen LogP contribution in [-0.2, 0) is 24.2 Å². The number of benzene rings is 3. The number of carbonyl (C=O) groups excluding carboxylic acids is 2. The van der Waals surface area contributed by atoms with Crippen molar-refractivity contribution in [3.8, 4) is 0 Å². The number of nitrogens with one attached hydrogen (secondary N) is 2. The Morgan fingerprint density at radius 3 is 1.71 bits per heavy atom. The molecule has 7 heteroatoms. The predicted octanol–water partition coefficient (Wildman–Crippen LogP) is 5.22. The molecule has 2 N–H and O–H groups in total. The molecular weight excluding hydrogens is 460 g/mol. The second-order valence-electron chi connectivity index (χ2n) is 8.64. The summed E-state index contributed by atoms with van der Waals surface area (Å²) in [7, 11) is -4.47. The van der Waals surface area contributed by atoms with E-state index in [2.05, 4.69) is 9.97 Å². The molecule has 2 heterocycles. The highest BCUT2D eigenvalue weighted by molar-refractivity contribution is 7.93. The van der Waals surface area contributed by atoms with Crippen LogP contribution >= 0.6 is 0 Å². The van der Waals surface area contributed by atoms with E-state index in [0.29, 0.717) is 11.0 Å². The summed E-state index contributed by atoms with van der Waals surface area (Å²) in [4.78, 5) is 33.4. The quantitative estimate of drug-likeness (QED) is 0.309. The topological polar surface area (TPSA) is 99.9 Å². The van der Waals surface area contributed by atoms with Crippen LogP contribution in [0, 0.1) is 6.92 Å². The molecule has 0 atom stereocenters. The fraction of sp³-hybridized carbons (Fsp3) is 0.143. The van der Waals surface area contributed by atoms with Gasteiger partial charge in [-0.2, -0.15) is 0 Å². The Morgan fingerprint density at radius 1 is 0.771 bits per heavy atom. The van der Waals surface area contributed by atoms with Crippen LogP contribution in [0.2, 0.25) is 0 Å². The molecule has 0 amide bonds. The van der Waals surface area contributed by atoms with Gasteiger partial charge in [0, 0.05) is 17.5 Å². The number of carbonyl (C=O) groups is 2. The van der Waals surface area contributed by atoms with Crippen molar-refractivity contribution >= 4 is 43.2 Å². The van der Waals surface area contributed by atoms with Crippen molar-refractivity contribution in [3.05, 3.63) is 102 Å². The highest BCUT2D eigenvalue weighted by Crippen LogP contribution is 2.44. The molecule has 0 radical (unpaired) electrons. The SMILES string of the molecule is CCC(=O)C(=O)C(c1cc2ccccc2[nH]1)(c1cc2ccccc2[nH]1)S(=O)(=O)c1ccc(C)cc1. The number of Topliss-reactive ketones (excluding diaryl/α,β-unsaturated/α-hetero) is 2. The van der Waals surface area contributed by atoms with Crippen molar-refractivity contribution in [1.82, 2.24) is 9.97 Å². The zero-order valence-corrected chi connectivity index (χ0v) is 20.1. The number of H-pyrrole nitrogens is 2. The van der Waals surface area contributed by atoms with Gasteiger partial charge in [0.2, 0.25) is 26.2 Å².